The van der Waals surface area contributed by atoms with Gasteiger partial charge in [-0.1, -0.05) is 0 Å². The number of thioether (sulfide) groups is 1. The van der Waals surface area contributed by atoms with Crippen molar-refractivity contribution in [3.8, 4) is 0 Å². The van der Waals surface area contributed by atoms with Gasteiger partial charge in [-0.2, -0.15) is 16.7 Å². The largest absolute Gasteiger partial charge is 0.365 e. The number of rotatable bonds is 6. The molecule has 1 aromatic heterocycles. The Morgan fingerprint density at radius 3 is 2.94 bits per heavy atom. The molecule has 0 aliphatic heterocycles. The predicted octanol–water partition coefficient (Wildman–Crippen LogP) is 2.21. The minimum Gasteiger partial charge on any atom is -0.365 e. The van der Waals surface area contributed by atoms with Crippen LogP contribution in [0.4, 0.5) is 16.2 Å². The minimum absolute atomic E-state index is 0.196. The molecule has 0 amide bonds. The Morgan fingerprint density at radius 2 is 2.31 bits per heavy atom. The second-order valence-corrected chi connectivity index (χ2v) is 4.45. The molecule has 16 heavy (non-hydrogen) atoms. The molecule has 0 aliphatic rings. The quantitative estimate of drug-likeness (QED) is 0.803. The van der Waals surface area contributed by atoms with E-state index in [9.17, 15) is 4.39 Å². The normalized spacial score (nSPS) is 12.2. The summed E-state index contributed by atoms with van der Waals surface area (Å²) in [5.74, 6) is 1.30. The van der Waals surface area contributed by atoms with E-state index in [1.165, 1.54) is 6.20 Å². The van der Waals surface area contributed by atoms with Crippen LogP contribution in [0.25, 0.3) is 0 Å². The van der Waals surface area contributed by atoms with Crippen LogP contribution in [-0.2, 0) is 0 Å². The van der Waals surface area contributed by atoms with Gasteiger partial charge in [-0.15, -0.1) is 0 Å². The molecule has 0 spiro atoms. The third kappa shape index (κ3) is 3.84. The molecule has 1 heterocycles. The summed E-state index contributed by atoms with van der Waals surface area (Å²) in [7, 11) is 1.70. The van der Waals surface area contributed by atoms with E-state index in [0.29, 0.717) is 5.95 Å². The molecule has 4 nitrogen and oxygen atoms in total. The maximum absolute atomic E-state index is 13.4. The van der Waals surface area contributed by atoms with Crippen LogP contribution in [0.2, 0.25) is 0 Å². The first kappa shape index (κ1) is 13.0. The molecule has 1 aromatic rings. The summed E-state index contributed by atoms with van der Waals surface area (Å²) in [6.07, 6.45) is 4.19. The fourth-order valence-corrected chi connectivity index (χ4v) is 1.78. The molecule has 6 heteroatoms. The van der Waals surface area contributed by atoms with E-state index in [0.717, 1.165) is 12.2 Å². The van der Waals surface area contributed by atoms with E-state index in [4.69, 9.17) is 0 Å². The average Bonchev–Trinajstić information content (AvgIpc) is 2.29. The van der Waals surface area contributed by atoms with Gasteiger partial charge in [0.05, 0.1) is 6.20 Å². The number of nitrogens with zero attached hydrogens (tertiary/aromatic N) is 2. The smallest absolute Gasteiger partial charge is 0.224 e. The molecule has 0 aromatic carbocycles. The van der Waals surface area contributed by atoms with Gasteiger partial charge in [0.2, 0.25) is 5.95 Å². The lowest BCUT2D eigenvalue weighted by atomic mass is 10.2. The Bertz CT molecular complexity index is 335. The second-order valence-electron chi connectivity index (χ2n) is 3.47. The molecular weight excluding hydrogens is 227 g/mol. The summed E-state index contributed by atoms with van der Waals surface area (Å²) in [4.78, 5) is 7.81. The zero-order valence-corrected chi connectivity index (χ0v) is 10.6. The van der Waals surface area contributed by atoms with Crippen LogP contribution >= 0.6 is 11.8 Å². The van der Waals surface area contributed by atoms with Gasteiger partial charge in [0.1, 0.15) is 0 Å². The summed E-state index contributed by atoms with van der Waals surface area (Å²) >= 11 is 1.77. The Morgan fingerprint density at radius 1 is 1.56 bits per heavy atom. The summed E-state index contributed by atoms with van der Waals surface area (Å²) in [5.41, 5.74) is 0. The first-order valence-electron chi connectivity index (χ1n) is 5.13. The molecule has 90 valence electrons. The first-order chi connectivity index (χ1) is 7.67. The summed E-state index contributed by atoms with van der Waals surface area (Å²) in [5, 5.41) is 5.82. The average molecular weight is 244 g/mol. The van der Waals surface area contributed by atoms with Crippen molar-refractivity contribution < 1.29 is 4.39 Å². The monoisotopic (exact) mass is 244 g/mol. The van der Waals surface area contributed by atoms with Gasteiger partial charge in [0.15, 0.2) is 11.6 Å². The molecular formula is C10H17FN4S. The number of hydrogen-bond acceptors (Lipinski definition) is 5. The van der Waals surface area contributed by atoms with Gasteiger partial charge in [0, 0.05) is 13.1 Å². The second kappa shape index (κ2) is 6.52. The minimum atomic E-state index is -0.421. The molecule has 0 fully saturated rings. The highest BCUT2D eigenvalue weighted by atomic mass is 32.2. The fraction of sp³-hybridized carbons (Fsp3) is 0.600. The van der Waals surface area contributed by atoms with E-state index in [1.807, 2.05) is 6.92 Å². The van der Waals surface area contributed by atoms with Crippen LogP contribution < -0.4 is 10.6 Å². The number of halogens is 1. The predicted molar refractivity (Wildman–Crippen MR) is 67.6 cm³/mol. The third-order valence-corrected chi connectivity index (χ3v) is 2.75. The van der Waals surface area contributed by atoms with Gasteiger partial charge in [-0.3, -0.25) is 0 Å². The van der Waals surface area contributed by atoms with Crippen molar-refractivity contribution in [2.45, 2.75) is 19.4 Å². The number of aromatic nitrogens is 2. The van der Waals surface area contributed by atoms with Gasteiger partial charge < -0.3 is 10.6 Å². The molecule has 1 unspecified atom stereocenters. The van der Waals surface area contributed by atoms with Crippen LogP contribution in [0.3, 0.4) is 0 Å². The Kier molecular flexibility index (Phi) is 5.31. The van der Waals surface area contributed by atoms with Gasteiger partial charge in [0.25, 0.3) is 0 Å². The highest BCUT2D eigenvalue weighted by molar-refractivity contribution is 7.98. The molecule has 2 N–H and O–H groups in total. The maximum Gasteiger partial charge on any atom is 0.224 e. The Balaban J connectivity index is 2.64. The maximum atomic E-state index is 13.4. The van der Waals surface area contributed by atoms with Crippen LogP contribution in [-0.4, -0.2) is 35.1 Å². The summed E-state index contributed by atoms with van der Waals surface area (Å²) in [6, 6.07) is 0.196. The molecule has 1 rings (SSSR count). The molecule has 0 saturated heterocycles. The van der Waals surface area contributed by atoms with Crippen molar-refractivity contribution in [2.24, 2.45) is 0 Å². The van der Waals surface area contributed by atoms with Gasteiger partial charge in [-0.05, 0) is 25.4 Å². The van der Waals surface area contributed by atoms with E-state index >= 15 is 0 Å². The fourth-order valence-electron chi connectivity index (χ4n) is 1.19. The lowest BCUT2D eigenvalue weighted by Crippen LogP contribution is -2.18. The van der Waals surface area contributed by atoms with Crippen LogP contribution in [0.5, 0.6) is 0 Å². The first-order valence-corrected chi connectivity index (χ1v) is 6.52. The zero-order valence-electron chi connectivity index (χ0n) is 9.75. The van der Waals surface area contributed by atoms with Gasteiger partial charge >= 0.3 is 0 Å². The molecule has 0 aliphatic carbocycles. The summed E-state index contributed by atoms with van der Waals surface area (Å²) < 4.78 is 13.4. The topological polar surface area (TPSA) is 49.8 Å². The summed E-state index contributed by atoms with van der Waals surface area (Å²) in [6.45, 7) is 2.01. The lowest BCUT2D eigenvalue weighted by Gasteiger charge is -2.14. The Labute approximate surface area is 99.4 Å². The Hall–Kier alpha value is -1.04. The highest BCUT2D eigenvalue weighted by Crippen LogP contribution is 2.14. The van der Waals surface area contributed by atoms with Crippen molar-refractivity contribution in [3.63, 3.8) is 0 Å². The van der Waals surface area contributed by atoms with Crippen molar-refractivity contribution in [1.29, 1.82) is 0 Å². The highest BCUT2D eigenvalue weighted by Gasteiger charge is 2.09. The van der Waals surface area contributed by atoms with Crippen molar-refractivity contribution in [1.82, 2.24) is 9.97 Å². The molecule has 0 radical (unpaired) electrons. The third-order valence-electron chi connectivity index (χ3n) is 2.11. The lowest BCUT2D eigenvalue weighted by molar-refractivity contribution is 0.612. The van der Waals surface area contributed by atoms with Crippen molar-refractivity contribution in [2.75, 3.05) is 29.7 Å². The number of anilines is 2. The van der Waals surface area contributed by atoms with E-state index < -0.39 is 5.82 Å². The van der Waals surface area contributed by atoms with Crippen molar-refractivity contribution in [3.05, 3.63) is 12.0 Å². The molecule has 1 atom stereocenters. The number of nitrogens with one attached hydrogen (secondary N) is 2. The van der Waals surface area contributed by atoms with Crippen LogP contribution in [0, 0.1) is 5.82 Å². The molecule has 0 saturated carbocycles. The zero-order chi connectivity index (χ0) is 12.0. The standard InChI is InChI=1S/C10H17FN4S/c1-7(4-5-16-3)14-9-8(11)6-13-10(12-2)15-9/h6-7H,4-5H2,1-3H3,(H2,12,13,14,15). The van der Waals surface area contributed by atoms with Crippen molar-refractivity contribution >= 4 is 23.5 Å². The van der Waals surface area contributed by atoms with E-state index in [2.05, 4.69) is 26.9 Å². The SMILES string of the molecule is CNc1ncc(F)c(NC(C)CCSC)n1. The number of hydrogen-bond donors (Lipinski definition) is 2. The van der Waals surface area contributed by atoms with Crippen LogP contribution in [0.1, 0.15) is 13.3 Å². The molecule has 0 bridgehead atoms. The van der Waals surface area contributed by atoms with Crippen LogP contribution in [0.15, 0.2) is 6.20 Å². The van der Waals surface area contributed by atoms with Gasteiger partial charge in [-0.25, -0.2) is 9.37 Å². The van der Waals surface area contributed by atoms with E-state index in [1.54, 1.807) is 18.8 Å². The van der Waals surface area contributed by atoms with E-state index in [-0.39, 0.29) is 11.9 Å².